The van der Waals surface area contributed by atoms with Crippen LogP contribution in [0, 0.1) is 6.92 Å². The maximum atomic E-state index is 5.46. The van der Waals surface area contributed by atoms with Crippen LogP contribution in [0.25, 0.3) is 0 Å². The van der Waals surface area contributed by atoms with Crippen LogP contribution in [0.1, 0.15) is 32.2 Å². The van der Waals surface area contributed by atoms with Gasteiger partial charge in [-0.1, -0.05) is 0 Å². The predicted molar refractivity (Wildman–Crippen MR) is 61.6 cm³/mol. The van der Waals surface area contributed by atoms with Gasteiger partial charge in [-0.3, -0.25) is 9.67 Å². The van der Waals surface area contributed by atoms with Crippen molar-refractivity contribution in [2.24, 2.45) is 10.8 Å². The third kappa shape index (κ3) is 2.79. The minimum atomic E-state index is 0.205. The van der Waals surface area contributed by atoms with Crippen molar-refractivity contribution in [2.45, 2.75) is 40.3 Å². The Kier molecular flexibility index (Phi) is 3.85. The summed E-state index contributed by atoms with van der Waals surface area (Å²) in [5, 5.41) is 4.35. The Morgan fingerprint density at radius 1 is 1.67 bits per heavy atom. The summed E-state index contributed by atoms with van der Waals surface area (Å²) in [6, 6.07) is 2.18. The van der Waals surface area contributed by atoms with Crippen LogP contribution >= 0.6 is 0 Å². The Balaban J connectivity index is 3.11. The van der Waals surface area contributed by atoms with E-state index in [9.17, 15) is 0 Å². The van der Waals surface area contributed by atoms with Gasteiger partial charge in [-0.2, -0.15) is 5.10 Å². The second-order valence-corrected chi connectivity index (χ2v) is 3.70. The molecule has 15 heavy (non-hydrogen) atoms. The maximum absolute atomic E-state index is 5.46. The Labute approximate surface area is 90.3 Å². The van der Waals surface area contributed by atoms with Crippen LogP contribution < -0.4 is 11.3 Å². The van der Waals surface area contributed by atoms with Crippen LogP contribution in [0.3, 0.4) is 0 Å². The van der Waals surface area contributed by atoms with Crippen LogP contribution in [0.4, 0.5) is 0 Å². The van der Waals surface area contributed by atoms with Gasteiger partial charge in [0, 0.05) is 12.6 Å². The van der Waals surface area contributed by atoms with E-state index in [1.165, 1.54) is 0 Å². The summed E-state index contributed by atoms with van der Waals surface area (Å²) in [4.78, 5) is 4.41. The number of hydrogen-bond donors (Lipinski definition) is 2. The summed E-state index contributed by atoms with van der Waals surface area (Å²) in [5.41, 5.74) is 4.53. The van der Waals surface area contributed by atoms with Gasteiger partial charge in [-0.05, 0) is 33.8 Å². The third-order valence-electron chi connectivity index (χ3n) is 1.97. The van der Waals surface area contributed by atoms with Gasteiger partial charge in [0.1, 0.15) is 5.69 Å². The van der Waals surface area contributed by atoms with E-state index in [4.69, 9.17) is 5.84 Å². The fourth-order valence-electron chi connectivity index (χ4n) is 1.41. The molecule has 5 nitrogen and oxygen atoms in total. The topological polar surface area (TPSA) is 68.2 Å². The number of nitrogens with one attached hydrogen (secondary N) is 1. The van der Waals surface area contributed by atoms with Crippen LogP contribution in [-0.2, 0) is 6.54 Å². The van der Waals surface area contributed by atoms with Crippen molar-refractivity contribution in [3.8, 4) is 0 Å². The monoisotopic (exact) mass is 209 g/mol. The SMILES string of the molecule is CCn1nc(C)cc1C(=NC(C)C)NN. The van der Waals surface area contributed by atoms with Gasteiger partial charge in [-0.15, -0.1) is 0 Å². The Morgan fingerprint density at radius 2 is 2.33 bits per heavy atom. The van der Waals surface area contributed by atoms with Gasteiger partial charge in [0.15, 0.2) is 5.84 Å². The zero-order valence-electron chi connectivity index (χ0n) is 9.78. The van der Waals surface area contributed by atoms with Crippen molar-refractivity contribution in [1.29, 1.82) is 0 Å². The molecule has 0 saturated heterocycles. The first-order valence-corrected chi connectivity index (χ1v) is 5.17. The number of hydrazine groups is 1. The van der Waals surface area contributed by atoms with Gasteiger partial charge < -0.3 is 5.43 Å². The number of rotatable bonds is 3. The zero-order valence-corrected chi connectivity index (χ0v) is 9.78. The van der Waals surface area contributed by atoms with E-state index in [2.05, 4.69) is 15.5 Å². The molecular weight excluding hydrogens is 190 g/mol. The molecule has 0 fully saturated rings. The minimum absolute atomic E-state index is 0.205. The first-order valence-electron chi connectivity index (χ1n) is 5.17. The molecule has 84 valence electrons. The smallest absolute Gasteiger partial charge is 0.161 e. The Morgan fingerprint density at radius 3 is 2.80 bits per heavy atom. The number of hydrogen-bond acceptors (Lipinski definition) is 3. The van der Waals surface area contributed by atoms with Crippen molar-refractivity contribution < 1.29 is 0 Å². The van der Waals surface area contributed by atoms with Gasteiger partial charge >= 0.3 is 0 Å². The van der Waals surface area contributed by atoms with Crippen LogP contribution in [0.2, 0.25) is 0 Å². The van der Waals surface area contributed by atoms with E-state index in [1.54, 1.807) is 0 Å². The molecule has 0 aliphatic heterocycles. The summed E-state index contributed by atoms with van der Waals surface area (Å²) < 4.78 is 1.89. The van der Waals surface area contributed by atoms with Crippen LogP contribution in [0.5, 0.6) is 0 Å². The molecule has 3 N–H and O–H groups in total. The Bertz CT molecular complexity index is 351. The molecule has 0 aromatic carbocycles. The highest BCUT2D eigenvalue weighted by molar-refractivity contribution is 5.97. The summed E-state index contributed by atoms with van der Waals surface area (Å²) in [6.07, 6.45) is 0. The molecule has 0 aliphatic rings. The fourth-order valence-corrected chi connectivity index (χ4v) is 1.41. The van der Waals surface area contributed by atoms with Gasteiger partial charge in [0.05, 0.1) is 5.69 Å². The lowest BCUT2D eigenvalue weighted by molar-refractivity contribution is 0.643. The number of nitrogens with zero attached hydrogens (tertiary/aromatic N) is 3. The number of aromatic nitrogens is 2. The second kappa shape index (κ2) is 4.93. The van der Waals surface area contributed by atoms with E-state index in [-0.39, 0.29) is 6.04 Å². The van der Waals surface area contributed by atoms with Gasteiger partial charge in [0.25, 0.3) is 0 Å². The average molecular weight is 209 g/mol. The molecule has 5 heteroatoms. The number of aliphatic imine (C=N–C) groups is 1. The molecule has 0 bridgehead atoms. The molecule has 1 heterocycles. The predicted octanol–water partition coefficient (Wildman–Crippen LogP) is 0.830. The zero-order chi connectivity index (χ0) is 11.4. The molecule has 1 aromatic rings. The van der Waals surface area contributed by atoms with E-state index in [0.29, 0.717) is 5.84 Å². The normalized spacial score (nSPS) is 12.3. The lowest BCUT2D eigenvalue weighted by Crippen LogP contribution is -2.33. The van der Waals surface area contributed by atoms with E-state index in [0.717, 1.165) is 17.9 Å². The highest BCUT2D eigenvalue weighted by Crippen LogP contribution is 2.05. The first-order chi connectivity index (χ1) is 7.08. The molecule has 0 amide bonds. The van der Waals surface area contributed by atoms with Crippen LogP contribution in [0.15, 0.2) is 11.1 Å². The van der Waals surface area contributed by atoms with Gasteiger partial charge in [0.2, 0.25) is 0 Å². The first kappa shape index (κ1) is 11.7. The molecule has 0 unspecified atom stereocenters. The van der Waals surface area contributed by atoms with Crippen molar-refractivity contribution in [1.82, 2.24) is 15.2 Å². The molecule has 0 spiro atoms. The van der Waals surface area contributed by atoms with Crippen molar-refractivity contribution in [3.63, 3.8) is 0 Å². The summed E-state index contributed by atoms with van der Waals surface area (Å²) >= 11 is 0. The van der Waals surface area contributed by atoms with Crippen LogP contribution in [-0.4, -0.2) is 21.7 Å². The summed E-state index contributed by atoms with van der Waals surface area (Å²) in [7, 11) is 0. The molecule has 1 rings (SSSR count). The highest BCUT2D eigenvalue weighted by Gasteiger charge is 2.10. The molecule has 0 radical (unpaired) electrons. The summed E-state index contributed by atoms with van der Waals surface area (Å²) in [6.45, 7) is 8.83. The fraction of sp³-hybridized carbons (Fsp3) is 0.600. The van der Waals surface area contributed by atoms with E-state index < -0.39 is 0 Å². The lowest BCUT2D eigenvalue weighted by Gasteiger charge is -2.08. The highest BCUT2D eigenvalue weighted by atomic mass is 15.3. The number of aryl methyl sites for hydroxylation is 2. The molecule has 0 atom stereocenters. The third-order valence-corrected chi connectivity index (χ3v) is 1.97. The largest absolute Gasteiger partial charge is 0.307 e. The number of nitrogens with two attached hydrogens (primary N) is 1. The lowest BCUT2D eigenvalue weighted by atomic mass is 10.3. The molecular formula is C10H19N5. The van der Waals surface area contributed by atoms with E-state index in [1.807, 2.05) is 38.4 Å². The van der Waals surface area contributed by atoms with Crippen molar-refractivity contribution in [2.75, 3.05) is 0 Å². The van der Waals surface area contributed by atoms with E-state index >= 15 is 0 Å². The van der Waals surface area contributed by atoms with Gasteiger partial charge in [-0.25, -0.2) is 5.84 Å². The summed E-state index contributed by atoms with van der Waals surface area (Å²) in [5.74, 6) is 6.15. The molecule has 1 aromatic heterocycles. The quantitative estimate of drug-likeness (QED) is 0.335. The standard InChI is InChI=1S/C10H19N5/c1-5-15-9(6-8(4)14-15)10(13-11)12-7(2)3/h6-7H,5,11H2,1-4H3,(H,12,13). The number of amidine groups is 1. The maximum Gasteiger partial charge on any atom is 0.161 e. The Hall–Kier alpha value is -1.36. The van der Waals surface area contributed by atoms with Crippen molar-refractivity contribution >= 4 is 5.84 Å². The molecule has 0 aliphatic carbocycles. The second-order valence-electron chi connectivity index (χ2n) is 3.70. The minimum Gasteiger partial charge on any atom is -0.307 e. The molecule has 0 saturated carbocycles. The average Bonchev–Trinajstić information content (AvgIpc) is 2.55. The van der Waals surface area contributed by atoms with Crippen molar-refractivity contribution in [3.05, 3.63) is 17.5 Å².